The smallest absolute Gasteiger partial charge is 0.303 e. The Morgan fingerprint density at radius 2 is 2.18 bits per heavy atom. The molecule has 94 valence electrons. The van der Waals surface area contributed by atoms with Gasteiger partial charge >= 0.3 is 5.97 Å². The highest BCUT2D eigenvalue weighted by molar-refractivity contribution is 5.66. The average Bonchev–Trinajstić information content (AvgIpc) is 2.76. The first-order valence-electron chi connectivity index (χ1n) is 6.27. The van der Waals surface area contributed by atoms with Gasteiger partial charge in [-0.1, -0.05) is 26.2 Å². The SMILES string of the molecule is CC1(c2ncc(CCC(=O)O)o2)CCCCC1. The summed E-state index contributed by atoms with van der Waals surface area (Å²) >= 11 is 0. The first kappa shape index (κ1) is 12.1. The molecule has 17 heavy (non-hydrogen) atoms. The molecule has 0 bridgehead atoms. The van der Waals surface area contributed by atoms with Gasteiger partial charge in [0.25, 0.3) is 0 Å². The molecule has 1 N–H and O–H groups in total. The number of oxazole rings is 1. The molecule has 1 aliphatic rings. The predicted octanol–water partition coefficient (Wildman–Crippen LogP) is 2.91. The fourth-order valence-corrected chi connectivity index (χ4v) is 2.48. The lowest BCUT2D eigenvalue weighted by Gasteiger charge is -2.30. The number of carboxylic acid groups (broad SMARTS) is 1. The molecule has 0 spiro atoms. The Bertz CT molecular complexity index is 391. The fourth-order valence-electron chi connectivity index (χ4n) is 2.48. The maximum Gasteiger partial charge on any atom is 0.303 e. The molecule has 0 amide bonds. The Labute approximate surface area is 101 Å². The molecule has 1 aliphatic carbocycles. The largest absolute Gasteiger partial charge is 0.481 e. The summed E-state index contributed by atoms with van der Waals surface area (Å²) < 4.78 is 5.70. The summed E-state index contributed by atoms with van der Waals surface area (Å²) in [5.41, 5.74) is 0.0553. The number of carboxylic acids is 1. The van der Waals surface area contributed by atoms with Crippen LogP contribution in [0.3, 0.4) is 0 Å². The molecule has 1 saturated carbocycles. The number of aromatic nitrogens is 1. The quantitative estimate of drug-likeness (QED) is 0.874. The Morgan fingerprint density at radius 3 is 2.82 bits per heavy atom. The van der Waals surface area contributed by atoms with Crippen LogP contribution in [0, 0.1) is 0 Å². The third kappa shape index (κ3) is 2.87. The van der Waals surface area contributed by atoms with Crippen molar-refractivity contribution in [2.45, 2.75) is 57.3 Å². The van der Waals surface area contributed by atoms with Gasteiger partial charge in [-0.2, -0.15) is 0 Å². The zero-order valence-corrected chi connectivity index (χ0v) is 10.2. The summed E-state index contributed by atoms with van der Waals surface area (Å²) in [4.78, 5) is 14.8. The van der Waals surface area contributed by atoms with Gasteiger partial charge in [-0.25, -0.2) is 4.98 Å². The van der Waals surface area contributed by atoms with Gasteiger partial charge in [0.15, 0.2) is 5.89 Å². The minimum atomic E-state index is -0.799. The number of nitrogens with zero attached hydrogens (tertiary/aromatic N) is 1. The van der Waals surface area contributed by atoms with Crippen LogP contribution >= 0.6 is 0 Å². The topological polar surface area (TPSA) is 63.3 Å². The van der Waals surface area contributed by atoms with E-state index in [2.05, 4.69) is 11.9 Å². The van der Waals surface area contributed by atoms with Gasteiger partial charge in [0, 0.05) is 11.8 Å². The van der Waals surface area contributed by atoms with Gasteiger partial charge in [-0.05, 0) is 12.8 Å². The van der Waals surface area contributed by atoms with Gasteiger partial charge in [-0.3, -0.25) is 4.79 Å². The molecule has 0 radical (unpaired) electrons. The Kier molecular flexibility index (Phi) is 3.50. The van der Waals surface area contributed by atoms with Crippen molar-refractivity contribution in [3.8, 4) is 0 Å². The third-order valence-corrected chi connectivity index (χ3v) is 3.61. The van der Waals surface area contributed by atoms with Crippen LogP contribution in [0.15, 0.2) is 10.6 Å². The van der Waals surface area contributed by atoms with Gasteiger partial charge < -0.3 is 9.52 Å². The van der Waals surface area contributed by atoms with E-state index in [1.54, 1.807) is 6.20 Å². The van der Waals surface area contributed by atoms with E-state index in [4.69, 9.17) is 9.52 Å². The van der Waals surface area contributed by atoms with Crippen molar-refractivity contribution in [3.05, 3.63) is 17.8 Å². The van der Waals surface area contributed by atoms with Crippen molar-refractivity contribution in [2.24, 2.45) is 0 Å². The van der Waals surface area contributed by atoms with E-state index < -0.39 is 5.97 Å². The van der Waals surface area contributed by atoms with E-state index in [0.717, 1.165) is 18.7 Å². The van der Waals surface area contributed by atoms with Crippen molar-refractivity contribution in [1.82, 2.24) is 4.98 Å². The summed E-state index contributed by atoms with van der Waals surface area (Å²) in [6.45, 7) is 2.19. The molecular weight excluding hydrogens is 218 g/mol. The Balaban J connectivity index is 2.03. The van der Waals surface area contributed by atoms with E-state index in [0.29, 0.717) is 12.2 Å². The number of rotatable bonds is 4. The molecule has 4 nitrogen and oxygen atoms in total. The van der Waals surface area contributed by atoms with Gasteiger partial charge in [-0.15, -0.1) is 0 Å². The number of carbonyl (C=O) groups is 1. The Hall–Kier alpha value is -1.32. The van der Waals surface area contributed by atoms with Crippen LogP contribution in [0.2, 0.25) is 0 Å². The first-order chi connectivity index (χ1) is 8.10. The normalized spacial score (nSPS) is 19.1. The molecule has 0 aliphatic heterocycles. The van der Waals surface area contributed by atoms with Crippen LogP contribution in [0.25, 0.3) is 0 Å². The molecule has 2 rings (SSSR count). The summed E-state index contributed by atoms with van der Waals surface area (Å²) in [7, 11) is 0. The van der Waals surface area contributed by atoms with Crippen molar-refractivity contribution in [3.63, 3.8) is 0 Å². The highest BCUT2D eigenvalue weighted by atomic mass is 16.4. The second kappa shape index (κ2) is 4.90. The van der Waals surface area contributed by atoms with E-state index in [9.17, 15) is 4.79 Å². The summed E-state index contributed by atoms with van der Waals surface area (Å²) in [6.07, 6.45) is 8.19. The standard InChI is InChI=1S/C13H19NO3/c1-13(7-3-2-4-8-13)12-14-9-10(17-12)5-6-11(15)16/h9H,2-8H2,1H3,(H,15,16). The summed E-state index contributed by atoms with van der Waals surface area (Å²) in [5, 5.41) is 8.62. The minimum Gasteiger partial charge on any atom is -0.481 e. The van der Waals surface area contributed by atoms with Crippen LogP contribution in [0.1, 0.15) is 57.1 Å². The first-order valence-corrected chi connectivity index (χ1v) is 6.27. The van der Waals surface area contributed by atoms with Crippen molar-refractivity contribution >= 4 is 5.97 Å². The molecular formula is C13H19NO3. The fraction of sp³-hybridized carbons (Fsp3) is 0.692. The molecule has 0 atom stereocenters. The lowest BCUT2D eigenvalue weighted by molar-refractivity contribution is -0.137. The molecule has 0 aromatic carbocycles. The maximum atomic E-state index is 10.5. The van der Waals surface area contributed by atoms with E-state index in [-0.39, 0.29) is 11.8 Å². The second-order valence-electron chi connectivity index (χ2n) is 5.15. The van der Waals surface area contributed by atoms with E-state index in [1.807, 2.05) is 0 Å². The van der Waals surface area contributed by atoms with Crippen molar-refractivity contribution in [1.29, 1.82) is 0 Å². The van der Waals surface area contributed by atoms with E-state index in [1.165, 1.54) is 19.3 Å². The molecule has 1 aromatic rings. The van der Waals surface area contributed by atoms with Crippen LogP contribution < -0.4 is 0 Å². The molecule has 1 fully saturated rings. The lowest BCUT2D eigenvalue weighted by atomic mass is 9.76. The Morgan fingerprint density at radius 1 is 1.47 bits per heavy atom. The number of hydrogen-bond acceptors (Lipinski definition) is 3. The summed E-state index contributed by atoms with van der Waals surface area (Å²) in [5.74, 6) is 0.679. The minimum absolute atomic E-state index is 0.0553. The molecule has 4 heteroatoms. The lowest BCUT2D eigenvalue weighted by Crippen LogP contribution is -2.25. The van der Waals surface area contributed by atoms with Crippen LogP contribution in [-0.2, 0) is 16.6 Å². The summed E-state index contributed by atoms with van der Waals surface area (Å²) in [6, 6.07) is 0. The van der Waals surface area contributed by atoms with Crippen molar-refractivity contribution < 1.29 is 14.3 Å². The average molecular weight is 237 g/mol. The molecule has 1 aromatic heterocycles. The number of aryl methyl sites for hydroxylation is 1. The highest BCUT2D eigenvalue weighted by Gasteiger charge is 2.33. The number of hydrogen-bond donors (Lipinski definition) is 1. The number of aliphatic carboxylic acids is 1. The van der Waals surface area contributed by atoms with Gasteiger partial charge in [0.05, 0.1) is 12.6 Å². The molecule has 0 unspecified atom stereocenters. The van der Waals surface area contributed by atoms with Gasteiger partial charge in [0.2, 0.25) is 0 Å². The zero-order valence-electron chi connectivity index (χ0n) is 10.2. The monoisotopic (exact) mass is 237 g/mol. The second-order valence-corrected chi connectivity index (χ2v) is 5.15. The van der Waals surface area contributed by atoms with Crippen LogP contribution in [0.4, 0.5) is 0 Å². The van der Waals surface area contributed by atoms with Crippen molar-refractivity contribution in [2.75, 3.05) is 0 Å². The van der Waals surface area contributed by atoms with Gasteiger partial charge in [0.1, 0.15) is 5.76 Å². The molecule has 0 saturated heterocycles. The van der Waals surface area contributed by atoms with Crippen LogP contribution in [-0.4, -0.2) is 16.1 Å². The molecule has 1 heterocycles. The maximum absolute atomic E-state index is 10.5. The predicted molar refractivity (Wildman–Crippen MR) is 62.9 cm³/mol. The van der Waals surface area contributed by atoms with Crippen LogP contribution in [0.5, 0.6) is 0 Å². The highest BCUT2D eigenvalue weighted by Crippen LogP contribution is 2.38. The zero-order chi connectivity index (χ0) is 12.3. The van der Waals surface area contributed by atoms with E-state index >= 15 is 0 Å². The third-order valence-electron chi connectivity index (χ3n) is 3.61.